The molecule has 1 aromatic carbocycles. The van der Waals surface area contributed by atoms with Crippen molar-refractivity contribution >= 4 is 16.5 Å². The summed E-state index contributed by atoms with van der Waals surface area (Å²) in [6.07, 6.45) is -2.55. The highest BCUT2D eigenvalue weighted by Gasteiger charge is 2.47. The molecule has 0 saturated carbocycles. The van der Waals surface area contributed by atoms with Gasteiger partial charge in [-0.05, 0) is 36.4 Å². The quantitative estimate of drug-likeness (QED) is 0.925. The van der Waals surface area contributed by atoms with Crippen molar-refractivity contribution in [3.63, 3.8) is 0 Å². The Balaban J connectivity index is 1.93. The number of pyridine rings is 1. The molecule has 112 valence electrons. The average molecular weight is 296 g/mol. The fourth-order valence-corrected chi connectivity index (χ4v) is 2.91. The molecule has 1 aliphatic heterocycles. The predicted octanol–water partition coefficient (Wildman–Crippen LogP) is 3.13. The van der Waals surface area contributed by atoms with Crippen LogP contribution in [0.25, 0.3) is 10.8 Å². The molecule has 1 saturated heterocycles. The maximum Gasteiger partial charge on any atom is 0.416 e. The van der Waals surface area contributed by atoms with Crippen molar-refractivity contribution < 1.29 is 18.3 Å². The number of rotatable bonds is 2. The second-order valence-corrected chi connectivity index (χ2v) is 5.30. The number of hydrogen-bond acceptors (Lipinski definition) is 3. The maximum atomic E-state index is 12.8. The number of aliphatic hydroxyl groups is 1. The van der Waals surface area contributed by atoms with Gasteiger partial charge in [0.2, 0.25) is 0 Å². The Morgan fingerprint density at radius 1 is 1.24 bits per heavy atom. The molecular formula is C15H15F3N2O. The molecule has 0 bridgehead atoms. The first-order valence-corrected chi connectivity index (χ1v) is 6.82. The van der Waals surface area contributed by atoms with Crippen LogP contribution in [-0.4, -0.2) is 35.0 Å². The fraction of sp³-hybridized carbons (Fsp3) is 0.400. The summed E-state index contributed by atoms with van der Waals surface area (Å²) < 4.78 is 38.3. The van der Waals surface area contributed by atoms with Gasteiger partial charge in [0.25, 0.3) is 0 Å². The van der Waals surface area contributed by atoms with Gasteiger partial charge in [0.05, 0.1) is 6.04 Å². The van der Waals surface area contributed by atoms with Crippen molar-refractivity contribution in [2.75, 3.05) is 11.4 Å². The van der Waals surface area contributed by atoms with Crippen LogP contribution < -0.4 is 4.90 Å². The van der Waals surface area contributed by atoms with Gasteiger partial charge in [0, 0.05) is 30.0 Å². The lowest BCUT2D eigenvalue weighted by Gasteiger charge is -2.31. The molecule has 21 heavy (non-hydrogen) atoms. The Morgan fingerprint density at radius 2 is 2.05 bits per heavy atom. The molecule has 1 N–H and O–H groups in total. The first-order chi connectivity index (χ1) is 9.97. The molecule has 0 amide bonds. The Hall–Kier alpha value is -1.82. The normalized spacial score (nSPS) is 21.0. The Bertz CT molecular complexity index is 644. The van der Waals surface area contributed by atoms with E-state index >= 15 is 0 Å². The van der Waals surface area contributed by atoms with E-state index < -0.39 is 18.3 Å². The summed E-state index contributed by atoms with van der Waals surface area (Å²) in [4.78, 5) is 5.66. The minimum Gasteiger partial charge on any atom is -0.382 e. The highest BCUT2D eigenvalue weighted by atomic mass is 19.4. The lowest BCUT2D eigenvalue weighted by atomic mass is 10.1. The van der Waals surface area contributed by atoms with E-state index in [-0.39, 0.29) is 0 Å². The van der Waals surface area contributed by atoms with Crippen molar-refractivity contribution in [2.45, 2.75) is 31.2 Å². The van der Waals surface area contributed by atoms with Crippen LogP contribution in [0.3, 0.4) is 0 Å². The molecule has 2 heterocycles. The van der Waals surface area contributed by atoms with Gasteiger partial charge < -0.3 is 10.0 Å². The summed E-state index contributed by atoms with van der Waals surface area (Å²) in [5.74, 6) is 0. The number of alkyl halides is 3. The van der Waals surface area contributed by atoms with E-state index in [1.54, 1.807) is 23.4 Å². The highest BCUT2D eigenvalue weighted by molar-refractivity contribution is 5.85. The molecule has 3 nitrogen and oxygen atoms in total. The third-order valence-electron chi connectivity index (χ3n) is 3.95. The zero-order valence-electron chi connectivity index (χ0n) is 11.2. The standard InChI is InChI=1S/C15H15F3N2O/c16-15(17,18)14(21)13-2-1-7-20(13)12-4-3-11-9-19-6-5-10(11)8-12/h3-6,8-9,13-14,21H,1-2,7H2/t13-,14-/m1/s1. The van der Waals surface area contributed by atoms with Gasteiger partial charge in [0.1, 0.15) is 0 Å². The van der Waals surface area contributed by atoms with Gasteiger partial charge in [-0.3, -0.25) is 4.98 Å². The zero-order valence-corrected chi connectivity index (χ0v) is 11.2. The number of hydrogen-bond donors (Lipinski definition) is 1. The van der Waals surface area contributed by atoms with Crippen LogP contribution in [0.2, 0.25) is 0 Å². The molecule has 3 rings (SSSR count). The molecule has 1 aromatic heterocycles. The molecule has 1 fully saturated rings. The van der Waals surface area contributed by atoms with Gasteiger partial charge in [-0.15, -0.1) is 0 Å². The molecule has 0 aliphatic carbocycles. The number of aliphatic hydroxyl groups excluding tert-OH is 1. The van der Waals surface area contributed by atoms with E-state index in [1.165, 1.54) is 0 Å². The molecule has 1 aliphatic rings. The van der Waals surface area contributed by atoms with E-state index in [1.807, 2.05) is 18.2 Å². The Kier molecular flexibility index (Phi) is 3.49. The van der Waals surface area contributed by atoms with Crippen LogP contribution in [0.15, 0.2) is 36.7 Å². The van der Waals surface area contributed by atoms with Crippen LogP contribution in [0.5, 0.6) is 0 Å². The van der Waals surface area contributed by atoms with E-state index in [0.29, 0.717) is 25.1 Å². The van der Waals surface area contributed by atoms with E-state index in [4.69, 9.17) is 0 Å². The molecule has 2 aromatic rings. The monoisotopic (exact) mass is 296 g/mol. The van der Waals surface area contributed by atoms with Crippen LogP contribution in [0.1, 0.15) is 12.8 Å². The number of anilines is 1. The largest absolute Gasteiger partial charge is 0.416 e. The minimum absolute atomic E-state index is 0.342. The topological polar surface area (TPSA) is 36.4 Å². The van der Waals surface area contributed by atoms with Gasteiger partial charge >= 0.3 is 6.18 Å². The summed E-state index contributed by atoms with van der Waals surface area (Å²) in [5.41, 5.74) is 0.708. The lowest BCUT2D eigenvalue weighted by molar-refractivity contribution is -0.209. The van der Waals surface area contributed by atoms with Crippen molar-refractivity contribution in [1.82, 2.24) is 4.98 Å². The Morgan fingerprint density at radius 3 is 2.81 bits per heavy atom. The number of fused-ring (bicyclic) bond motifs is 1. The van der Waals surface area contributed by atoms with Gasteiger partial charge in [0.15, 0.2) is 6.10 Å². The van der Waals surface area contributed by atoms with Gasteiger partial charge in [-0.25, -0.2) is 0 Å². The van der Waals surface area contributed by atoms with Gasteiger partial charge in [-0.1, -0.05) is 6.07 Å². The maximum absolute atomic E-state index is 12.8. The van der Waals surface area contributed by atoms with Crippen LogP contribution in [0, 0.1) is 0 Å². The van der Waals surface area contributed by atoms with Crippen molar-refractivity contribution in [3.8, 4) is 0 Å². The van der Waals surface area contributed by atoms with E-state index in [9.17, 15) is 18.3 Å². The fourth-order valence-electron chi connectivity index (χ4n) is 2.91. The molecule has 0 spiro atoms. The van der Waals surface area contributed by atoms with Gasteiger partial charge in [-0.2, -0.15) is 13.2 Å². The minimum atomic E-state index is -4.59. The van der Waals surface area contributed by atoms with Crippen molar-refractivity contribution in [3.05, 3.63) is 36.7 Å². The smallest absolute Gasteiger partial charge is 0.382 e. The SMILES string of the molecule is O[C@H]([C@H]1CCCN1c1ccc2cnccc2c1)C(F)(F)F. The number of aromatic nitrogens is 1. The summed E-state index contributed by atoms with van der Waals surface area (Å²) >= 11 is 0. The Labute approximate surface area is 120 Å². The second kappa shape index (κ2) is 5.18. The second-order valence-electron chi connectivity index (χ2n) is 5.30. The van der Waals surface area contributed by atoms with Crippen molar-refractivity contribution in [2.24, 2.45) is 0 Å². The van der Waals surface area contributed by atoms with Crippen LogP contribution in [-0.2, 0) is 0 Å². The number of halogens is 3. The number of nitrogens with zero attached hydrogens (tertiary/aromatic N) is 2. The summed E-state index contributed by atoms with van der Waals surface area (Å²) in [6, 6.07) is 6.38. The van der Waals surface area contributed by atoms with E-state index in [0.717, 1.165) is 10.8 Å². The average Bonchev–Trinajstić information content (AvgIpc) is 2.94. The third-order valence-corrected chi connectivity index (χ3v) is 3.95. The lowest BCUT2D eigenvalue weighted by Crippen LogP contribution is -2.47. The summed E-state index contributed by atoms with van der Waals surface area (Å²) in [7, 11) is 0. The first-order valence-electron chi connectivity index (χ1n) is 6.82. The number of benzene rings is 1. The molecule has 0 unspecified atom stereocenters. The van der Waals surface area contributed by atoms with E-state index in [2.05, 4.69) is 4.98 Å². The molecule has 6 heteroatoms. The van der Waals surface area contributed by atoms with Crippen LogP contribution >= 0.6 is 0 Å². The summed E-state index contributed by atoms with van der Waals surface area (Å²) in [6.45, 7) is 0.522. The molecule has 2 atom stereocenters. The predicted molar refractivity (Wildman–Crippen MR) is 74.2 cm³/mol. The highest BCUT2D eigenvalue weighted by Crippen LogP contribution is 2.34. The molecule has 0 radical (unpaired) electrons. The summed E-state index contributed by atoms with van der Waals surface area (Å²) in [5, 5.41) is 11.4. The molecular weight excluding hydrogens is 281 g/mol. The zero-order chi connectivity index (χ0) is 15.0. The van der Waals surface area contributed by atoms with Crippen LogP contribution in [0.4, 0.5) is 18.9 Å². The van der Waals surface area contributed by atoms with Crippen molar-refractivity contribution in [1.29, 1.82) is 0 Å². The first kappa shape index (κ1) is 14.1. The third kappa shape index (κ3) is 2.68.